The zero-order valence-electron chi connectivity index (χ0n) is 10.7. The van der Waals surface area contributed by atoms with Gasteiger partial charge in [-0.2, -0.15) is 9.36 Å². The monoisotopic (exact) mass is 281 g/mol. The molecule has 7 heteroatoms. The van der Waals surface area contributed by atoms with Crippen molar-refractivity contribution in [1.29, 1.82) is 0 Å². The first-order chi connectivity index (χ1) is 9.32. The zero-order chi connectivity index (χ0) is 13.1. The molecular weight excluding hydrogens is 266 g/mol. The lowest BCUT2D eigenvalue weighted by Crippen LogP contribution is -2.26. The molecule has 2 heterocycles. The lowest BCUT2D eigenvalue weighted by Gasteiger charge is -2.22. The first-order valence-corrected chi connectivity index (χ1v) is 7.07. The minimum absolute atomic E-state index is 0.233. The van der Waals surface area contributed by atoms with Crippen LogP contribution < -0.4 is 4.74 Å². The highest BCUT2D eigenvalue weighted by molar-refractivity contribution is 7.03. The molecule has 0 spiro atoms. The van der Waals surface area contributed by atoms with Crippen LogP contribution in [0.15, 0.2) is 16.0 Å². The van der Waals surface area contributed by atoms with E-state index in [2.05, 4.69) is 14.5 Å². The van der Waals surface area contributed by atoms with Crippen molar-refractivity contribution < 1.29 is 14.0 Å². The Kier molecular flexibility index (Phi) is 3.48. The zero-order valence-corrected chi connectivity index (χ0v) is 11.5. The molecule has 3 rings (SSSR count). The Morgan fingerprint density at radius 1 is 1.42 bits per heavy atom. The Labute approximate surface area is 114 Å². The van der Waals surface area contributed by atoms with E-state index in [4.69, 9.17) is 14.0 Å². The quantitative estimate of drug-likeness (QED) is 0.838. The Morgan fingerprint density at radius 3 is 2.95 bits per heavy atom. The number of ether oxygens (including phenoxy) is 2. The van der Waals surface area contributed by atoms with Crippen LogP contribution in [0.2, 0.25) is 0 Å². The lowest BCUT2D eigenvalue weighted by molar-refractivity contribution is -0.0178. The standard InChI is InChI=1S/C12H15N3O3S/c1-16-12(5-2-3-6-12)11-13-10(18-14-11)8-17-9-4-7-19-15-9/h4,7H,2-3,5-6,8H2,1H3. The predicted octanol–water partition coefficient (Wildman–Crippen LogP) is 2.52. The van der Waals surface area contributed by atoms with E-state index in [1.54, 1.807) is 13.2 Å². The van der Waals surface area contributed by atoms with E-state index >= 15 is 0 Å². The molecule has 0 N–H and O–H groups in total. The minimum Gasteiger partial charge on any atom is -0.467 e. The van der Waals surface area contributed by atoms with Gasteiger partial charge in [0.05, 0.1) is 0 Å². The average Bonchev–Trinajstić information content (AvgIpc) is 3.17. The normalized spacial score (nSPS) is 17.7. The highest BCUT2D eigenvalue weighted by Gasteiger charge is 2.40. The van der Waals surface area contributed by atoms with Gasteiger partial charge in [-0.1, -0.05) is 5.16 Å². The van der Waals surface area contributed by atoms with Crippen LogP contribution in [0.5, 0.6) is 5.88 Å². The summed E-state index contributed by atoms with van der Waals surface area (Å²) < 4.78 is 20.3. The summed E-state index contributed by atoms with van der Waals surface area (Å²) in [5, 5.41) is 5.89. The van der Waals surface area contributed by atoms with Crippen LogP contribution in [0.3, 0.4) is 0 Å². The van der Waals surface area contributed by atoms with Crippen molar-refractivity contribution in [2.75, 3.05) is 7.11 Å². The van der Waals surface area contributed by atoms with Crippen LogP contribution >= 0.6 is 11.5 Å². The van der Waals surface area contributed by atoms with Gasteiger partial charge in [0, 0.05) is 18.6 Å². The summed E-state index contributed by atoms with van der Waals surface area (Å²) in [6, 6.07) is 1.80. The molecule has 0 aromatic carbocycles. The van der Waals surface area contributed by atoms with E-state index in [-0.39, 0.29) is 12.2 Å². The van der Waals surface area contributed by atoms with E-state index in [1.165, 1.54) is 11.5 Å². The molecular formula is C12H15N3O3S. The molecule has 1 fully saturated rings. The van der Waals surface area contributed by atoms with E-state index in [0.717, 1.165) is 25.7 Å². The van der Waals surface area contributed by atoms with Gasteiger partial charge in [0.25, 0.3) is 5.89 Å². The third-order valence-corrected chi connectivity index (χ3v) is 3.98. The second-order valence-electron chi connectivity index (χ2n) is 4.54. The van der Waals surface area contributed by atoms with Gasteiger partial charge >= 0.3 is 0 Å². The molecule has 0 radical (unpaired) electrons. The van der Waals surface area contributed by atoms with E-state index in [1.807, 2.05) is 5.38 Å². The van der Waals surface area contributed by atoms with Gasteiger partial charge in [0.2, 0.25) is 11.7 Å². The maximum atomic E-state index is 5.61. The van der Waals surface area contributed by atoms with Gasteiger partial charge in [0.1, 0.15) is 5.60 Å². The Balaban J connectivity index is 1.69. The highest BCUT2D eigenvalue weighted by Crippen LogP contribution is 2.40. The summed E-state index contributed by atoms with van der Waals surface area (Å²) in [5.41, 5.74) is -0.373. The maximum absolute atomic E-state index is 5.61. The number of hydrogen-bond acceptors (Lipinski definition) is 7. The fraction of sp³-hybridized carbons (Fsp3) is 0.583. The van der Waals surface area contributed by atoms with Crippen molar-refractivity contribution in [3.05, 3.63) is 23.2 Å². The summed E-state index contributed by atoms with van der Waals surface area (Å²) in [6.45, 7) is 0.233. The third-order valence-electron chi connectivity index (χ3n) is 3.44. The molecule has 2 aromatic rings. The van der Waals surface area contributed by atoms with Gasteiger partial charge in [-0.15, -0.1) is 0 Å². The molecule has 1 aliphatic rings. The van der Waals surface area contributed by atoms with Crippen molar-refractivity contribution in [1.82, 2.24) is 14.5 Å². The average molecular weight is 281 g/mol. The fourth-order valence-electron chi connectivity index (χ4n) is 2.38. The molecule has 1 saturated carbocycles. The first kappa shape index (κ1) is 12.6. The molecule has 6 nitrogen and oxygen atoms in total. The van der Waals surface area contributed by atoms with Crippen molar-refractivity contribution in [3.8, 4) is 5.88 Å². The van der Waals surface area contributed by atoms with Crippen LogP contribution in [0.1, 0.15) is 37.4 Å². The van der Waals surface area contributed by atoms with Crippen LogP contribution in [0, 0.1) is 0 Å². The highest BCUT2D eigenvalue weighted by atomic mass is 32.1. The molecule has 1 aliphatic carbocycles. The first-order valence-electron chi connectivity index (χ1n) is 6.24. The fourth-order valence-corrected chi connectivity index (χ4v) is 2.83. The summed E-state index contributed by atoms with van der Waals surface area (Å²) in [4.78, 5) is 4.38. The molecule has 0 amide bonds. The van der Waals surface area contributed by atoms with E-state index in [9.17, 15) is 0 Å². The van der Waals surface area contributed by atoms with Crippen molar-refractivity contribution in [3.63, 3.8) is 0 Å². The number of aromatic nitrogens is 3. The van der Waals surface area contributed by atoms with Gasteiger partial charge in [-0.3, -0.25) is 0 Å². The van der Waals surface area contributed by atoms with Gasteiger partial charge in [0.15, 0.2) is 6.61 Å². The molecule has 19 heavy (non-hydrogen) atoms. The minimum atomic E-state index is -0.373. The number of hydrogen-bond donors (Lipinski definition) is 0. The number of rotatable bonds is 5. The van der Waals surface area contributed by atoms with Gasteiger partial charge in [-0.25, -0.2) is 0 Å². The van der Waals surface area contributed by atoms with Crippen molar-refractivity contribution in [2.24, 2.45) is 0 Å². The molecule has 2 aromatic heterocycles. The lowest BCUT2D eigenvalue weighted by atomic mass is 10.0. The van der Waals surface area contributed by atoms with Crippen molar-refractivity contribution >= 4 is 11.5 Å². The van der Waals surface area contributed by atoms with Crippen LogP contribution in [0.25, 0.3) is 0 Å². The van der Waals surface area contributed by atoms with Gasteiger partial charge < -0.3 is 14.0 Å². The van der Waals surface area contributed by atoms with Gasteiger partial charge in [-0.05, 0) is 37.2 Å². The number of nitrogens with zero attached hydrogens (tertiary/aromatic N) is 3. The molecule has 0 unspecified atom stereocenters. The van der Waals surface area contributed by atoms with E-state index < -0.39 is 0 Å². The SMILES string of the molecule is COC1(c2noc(COc3ccsn3)n2)CCCC1. The number of methoxy groups -OCH3 is 1. The topological polar surface area (TPSA) is 70.3 Å². The smallest absolute Gasteiger partial charge is 0.264 e. The van der Waals surface area contributed by atoms with Crippen molar-refractivity contribution in [2.45, 2.75) is 37.9 Å². The predicted molar refractivity (Wildman–Crippen MR) is 67.9 cm³/mol. The third kappa shape index (κ3) is 2.48. The Bertz CT molecular complexity index is 520. The molecule has 102 valence electrons. The molecule has 0 atom stereocenters. The molecule has 0 saturated heterocycles. The largest absolute Gasteiger partial charge is 0.467 e. The molecule has 0 aliphatic heterocycles. The Morgan fingerprint density at radius 2 is 2.26 bits per heavy atom. The second kappa shape index (κ2) is 5.26. The second-order valence-corrected chi connectivity index (χ2v) is 5.21. The summed E-state index contributed by atoms with van der Waals surface area (Å²) >= 11 is 1.34. The Hall–Kier alpha value is -1.47. The van der Waals surface area contributed by atoms with E-state index in [0.29, 0.717) is 17.6 Å². The summed E-state index contributed by atoms with van der Waals surface area (Å²) in [6.07, 6.45) is 4.14. The summed E-state index contributed by atoms with van der Waals surface area (Å²) in [5.74, 6) is 1.66. The summed E-state index contributed by atoms with van der Waals surface area (Å²) in [7, 11) is 1.70. The van der Waals surface area contributed by atoms with Crippen LogP contribution in [-0.2, 0) is 16.9 Å². The van der Waals surface area contributed by atoms with Crippen LogP contribution in [-0.4, -0.2) is 21.6 Å². The van der Waals surface area contributed by atoms with Crippen LogP contribution in [0.4, 0.5) is 0 Å². The molecule has 0 bridgehead atoms. The maximum Gasteiger partial charge on any atom is 0.264 e.